The maximum Gasteiger partial charge on any atom is 0.266 e. The van der Waals surface area contributed by atoms with Crippen molar-refractivity contribution in [3.63, 3.8) is 0 Å². The first-order chi connectivity index (χ1) is 30.1. The summed E-state index contributed by atoms with van der Waals surface area (Å²) in [6.07, 6.45) is 5.08. The van der Waals surface area contributed by atoms with Gasteiger partial charge in [-0.1, -0.05) is 96.9 Å². The molecule has 1 saturated heterocycles. The molecule has 14 heteroatoms. The second-order valence-corrected chi connectivity index (χ2v) is 16.7. The maximum absolute atomic E-state index is 12.9. The topological polar surface area (TPSA) is 162 Å². The molecule has 0 radical (unpaired) electrons. The predicted octanol–water partition coefficient (Wildman–Crippen LogP) is 9.05. The molecule has 2 aromatic carbocycles. The van der Waals surface area contributed by atoms with Crippen molar-refractivity contribution in [2.75, 3.05) is 26.4 Å². The molecule has 2 aromatic heterocycles. The van der Waals surface area contributed by atoms with Gasteiger partial charge in [-0.3, -0.25) is 38.8 Å². The first kappa shape index (κ1) is 51.9. The van der Waals surface area contributed by atoms with Crippen LogP contribution in [0.1, 0.15) is 146 Å². The number of hydrogen-bond donors (Lipinski definition) is 2. The molecule has 2 atom stereocenters. The molecule has 0 bridgehead atoms. The molecule has 2 aliphatic rings. The summed E-state index contributed by atoms with van der Waals surface area (Å²) < 4.78 is 13.4. The molecule has 342 valence electrons. The van der Waals surface area contributed by atoms with Crippen LogP contribution in [0.4, 0.5) is 0 Å². The van der Waals surface area contributed by atoms with Gasteiger partial charge in [-0.2, -0.15) is 0 Å². The minimum absolute atomic E-state index is 0.0612. The Balaban J connectivity index is 0.000000307. The Morgan fingerprint density at radius 1 is 0.952 bits per heavy atom. The Morgan fingerprint density at radius 3 is 2.27 bits per heavy atom. The first-order valence-electron chi connectivity index (χ1n) is 22.2. The van der Waals surface area contributed by atoms with Crippen molar-refractivity contribution in [3.8, 4) is 10.8 Å². The Labute approximate surface area is 378 Å². The van der Waals surface area contributed by atoms with E-state index in [1.54, 1.807) is 12.1 Å². The van der Waals surface area contributed by atoms with Crippen molar-refractivity contribution in [2.45, 2.75) is 127 Å². The molecular weight excluding hydrogens is 817 g/mol. The summed E-state index contributed by atoms with van der Waals surface area (Å²) in [5.41, 5.74) is 6.29. The zero-order valence-corrected chi connectivity index (χ0v) is 40.1. The van der Waals surface area contributed by atoms with E-state index in [-0.39, 0.29) is 42.2 Å². The van der Waals surface area contributed by atoms with E-state index in [2.05, 4.69) is 105 Å². The monoisotopic (exact) mass is 884 g/mol. The number of aryl methyl sites for hydroxylation is 3. The van der Waals surface area contributed by atoms with Crippen LogP contribution in [0.2, 0.25) is 0 Å². The highest BCUT2D eigenvalue weighted by atomic mass is 32.1. The van der Waals surface area contributed by atoms with Crippen molar-refractivity contribution in [3.05, 3.63) is 99.0 Å². The van der Waals surface area contributed by atoms with Gasteiger partial charge < -0.3 is 14.8 Å². The number of nitrogens with one attached hydrogen (secondary N) is 2. The lowest BCUT2D eigenvalue weighted by molar-refractivity contribution is -0.136. The van der Waals surface area contributed by atoms with Gasteiger partial charge in [0.05, 0.1) is 17.7 Å². The number of rotatable bonds is 16. The van der Waals surface area contributed by atoms with E-state index in [1.165, 1.54) is 46.0 Å². The molecule has 1 fully saturated rings. The normalized spacial score (nSPS) is 14.6. The number of nitrogens with zero attached hydrogens (tertiary/aromatic N) is 4. The first-order valence-corrected chi connectivity index (χ1v) is 23.0. The van der Waals surface area contributed by atoms with Crippen molar-refractivity contribution in [1.29, 1.82) is 0 Å². The van der Waals surface area contributed by atoms with Crippen molar-refractivity contribution in [2.24, 2.45) is 5.92 Å². The van der Waals surface area contributed by atoms with Crippen LogP contribution in [0.15, 0.2) is 49.0 Å². The molecule has 2 N–H and O–H groups in total. The fourth-order valence-corrected chi connectivity index (χ4v) is 8.04. The van der Waals surface area contributed by atoms with Gasteiger partial charge in [-0.05, 0) is 81.7 Å². The lowest BCUT2D eigenvalue weighted by atomic mass is 9.96. The SMILES string of the molecule is C=C(c1ccc(C)cc1)c1c(-n2c(C)nnc2CC(C)CC)sc(C)c1C.CC.CC(=O)NCCCCOCCOc1cccc2c1C(=O)N(C1CCC(=O)NC1=O)C2=O.CCC. The van der Waals surface area contributed by atoms with Gasteiger partial charge in [-0.15, -0.1) is 21.5 Å². The van der Waals surface area contributed by atoms with E-state index in [9.17, 15) is 24.0 Å². The summed E-state index contributed by atoms with van der Waals surface area (Å²) in [4.78, 5) is 62.2. The zero-order chi connectivity index (χ0) is 46.8. The zero-order valence-electron chi connectivity index (χ0n) is 39.2. The van der Waals surface area contributed by atoms with E-state index in [1.807, 2.05) is 32.1 Å². The molecule has 2 unspecified atom stereocenters. The van der Waals surface area contributed by atoms with Crippen LogP contribution in [0.25, 0.3) is 10.6 Å². The molecule has 0 spiro atoms. The quantitative estimate of drug-likeness (QED) is 0.0826. The second-order valence-electron chi connectivity index (χ2n) is 15.5. The van der Waals surface area contributed by atoms with Crippen LogP contribution >= 0.6 is 11.3 Å². The summed E-state index contributed by atoms with van der Waals surface area (Å²) in [7, 11) is 0. The Kier molecular flexibility index (Phi) is 21.1. The number of amides is 5. The third kappa shape index (κ3) is 13.8. The average molecular weight is 885 g/mol. The number of thiophene rings is 1. The van der Waals surface area contributed by atoms with Crippen molar-refractivity contribution in [1.82, 2.24) is 30.3 Å². The van der Waals surface area contributed by atoms with Crippen LogP contribution in [0.3, 0.4) is 0 Å². The Bertz CT molecular complexity index is 2190. The molecule has 5 amide bonds. The summed E-state index contributed by atoms with van der Waals surface area (Å²) in [5, 5.41) is 15.0. The summed E-state index contributed by atoms with van der Waals surface area (Å²) >= 11 is 1.81. The van der Waals surface area contributed by atoms with Crippen molar-refractivity contribution < 1.29 is 33.4 Å². The number of piperidine rings is 1. The van der Waals surface area contributed by atoms with Crippen LogP contribution < -0.4 is 15.4 Å². The summed E-state index contributed by atoms with van der Waals surface area (Å²) in [5.74, 6) is 0.497. The van der Waals surface area contributed by atoms with E-state index >= 15 is 0 Å². The number of imide groups is 2. The highest BCUT2D eigenvalue weighted by Gasteiger charge is 2.46. The average Bonchev–Trinajstić information content (AvgIpc) is 3.86. The van der Waals surface area contributed by atoms with Crippen LogP contribution in [0.5, 0.6) is 5.75 Å². The Morgan fingerprint density at radius 2 is 1.63 bits per heavy atom. The number of benzene rings is 2. The van der Waals surface area contributed by atoms with E-state index in [0.29, 0.717) is 25.7 Å². The van der Waals surface area contributed by atoms with Gasteiger partial charge in [0.15, 0.2) is 0 Å². The van der Waals surface area contributed by atoms with E-state index < -0.39 is 29.7 Å². The number of hydrogen-bond acceptors (Lipinski definition) is 10. The molecule has 2 aliphatic heterocycles. The molecule has 0 aliphatic carbocycles. The molecule has 13 nitrogen and oxygen atoms in total. The summed E-state index contributed by atoms with van der Waals surface area (Å²) in [6.45, 7) is 28.8. The number of unbranched alkanes of at least 4 members (excludes halogenated alkanes) is 1. The van der Waals surface area contributed by atoms with Crippen molar-refractivity contribution >= 4 is 46.4 Å². The number of aromatic nitrogens is 3. The molecule has 63 heavy (non-hydrogen) atoms. The third-order valence-electron chi connectivity index (χ3n) is 10.4. The molecule has 4 aromatic rings. The minimum Gasteiger partial charge on any atom is -0.490 e. The maximum atomic E-state index is 12.9. The van der Waals surface area contributed by atoms with E-state index in [0.717, 1.165) is 53.4 Å². The third-order valence-corrected chi connectivity index (χ3v) is 11.6. The number of carbonyl (C=O) groups is 5. The predicted molar refractivity (Wildman–Crippen MR) is 251 cm³/mol. The molecular formula is C49H68N6O7S. The molecule has 6 rings (SSSR count). The van der Waals surface area contributed by atoms with Gasteiger partial charge >= 0.3 is 0 Å². The number of carbonyl (C=O) groups excluding carboxylic acids is 5. The minimum atomic E-state index is -1.02. The van der Waals surface area contributed by atoms with E-state index in [4.69, 9.17) is 9.47 Å². The number of fused-ring (bicyclic) bond motifs is 1. The van der Waals surface area contributed by atoms with Gasteiger partial charge in [0, 0.05) is 43.4 Å². The summed E-state index contributed by atoms with van der Waals surface area (Å²) in [6, 6.07) is 12.3. The lowest BCUT2D eigenvalue weighted by Crippen LogP contribution is -2.54. The Hall–Kier alpha value is -5.47. The van der Waals surface area contributed by atoms with Gasteiger partial charge in [0.25, 0.3) is 11.8 Å². The highest BCUT2D eigenvalue weighted by Crippen LogP contribution is 2.39. The highest BCUT2D eigenvalue weighted by molar-refractivity contribution is 7.15. The molecule has 0 saturated carbocycles. The number of ether oxygens (including phenoxy) is 2. The van der Waals surface area contributed by atoms with Gasteiger partial charge in [-0.25, -0.2) is 0 Å². The smallest absolute Gasteiger partial charge is 0.266 e. The fraction of sp³-hybridized carbons (Fsp3) is 0.490. The van der Waals surface area contributed by atoms with Gasteiger partial charge in [0.1, 0.15) is 35.0 Å². The van der Waals surface area contributed by atoms with Crippen LogP contribution in [-0.4, -0.2) is 81.6 Å². The lowest BCUT2D eigenvalue weighted by Gasteiger charge is -2.27. The van der Waals surface area contributed by atoms with Crippen LogP contribution in [0, 0.1) is 33.6 Å². The molecule has 4 heterocycles. The standard InChI is InChI=1S/C23H29N3S.C21H25N3O7.C3H8.C2H6/c1-8-14(2)13-21-25-24-19(7)26(21)23-22(16(4)18(6)27-23)17(5)20-11-9-15(3)10-12-20;1-13(25)22-9-2-3-10-30-11-12-31-16-6-4-5-14-18(16)21(29)24(20(14)28)15-7-8-17(26)23-19(15)27;1-3-2;1-2/h9-12,14H,5,8,13H2,1-4,6-7H3;4-6,15H,2-3,7-12H2,1H3,(H,22,25)(H,23,26,27);3H2,1-2H3;1-2H3. The second kappa shape index (κ2) is 25.6. The largest absolute Gasteiger partial charge is 0.490 e. The van der Waals surface area contributed by atoms with Crippen LogP contribution in [-0.2, 0) is 25.5 Å². The fourth-order valence-electron chi connectivity index (χ4n) is 6.79. The van der Waals surface area contributed by atoms with Gasteiger partial charge in [0.2, 0.25) is 17.7 Å².